The third-order valence-corrected chi connectivity index (χ3v) is 6.95. The summed E-state index contributed by atoms with van der Waals surface area (Å²) in [6, 6.07) is 8.92. The number of phenolic OH excluding ortho intramolecular Hbond substituents is 1. The van der Waals surface area contributed by atoms with E-state index in [1.54, 1.807) is 33.5 Å². The van der Waals surface area contributed by atoms with Gasteiger partial charge in [-0.2, -0.15) is 0 Å². The zero-order chi connectivity index (χ0) is 25.6. The molecule has 0 fully saturated rings. The maximum Gasteiger partial charge on any atom is 0.233 e. The van der Waals surface area contributed by atoms with Crippen molar-refractivity contribution in [1.82, 2.24) is 5.16 Å². The Bertz CT molecular complexity index is 1350. The number of anilines is 1. The lowest BCUT2D eigenvalue weighted by molar-refractivity contribution is -0.116. The molecular weight excluding hydrogens is 464 g/mol. The minimum Gasteiger partial charge on any atom is -0.504 e. The molecule has 0 bridgehead atoms. The molecule has 0 saturated carbocycles. The van der Waals surface area contributed by atoms with Gasteiger partial charge < -0.3 is 33.9 Å². The van der Waals surface area contributed by atoms with Gasteiger partial charge in [0.1, 0.15) is 0 Å². The molecule has 36 heavy (non-hydrogen) atoms. The van der Waals surface area contributed by atoms with E-state index in [-0.39, 0.29) is 17.5 Å². The van der Waals surface area contributed by atoms with Crippen LogP contribution in [0, 0.1) is 6.92 Å². The highest BCUT2D eigenvalue weighted by Gasteiger charge is 2.41. The zero-order valence-electron chi connectivity index (χ0n) is 20.8. The van der Waals surface area contributed by atoms with Gasteiger partial charge in [0.25, 0.3) is 0 Å². The monoisotopic (exact) mass is 492 g/mol. The number of hydrogen-bond donors (Lipinski definition) is 2. The number of hydrogen-bond acceptors (Lipinski definition) is 9. The molecule has 0 radical (unpaired) electrons. The number of phenols is 1. The normalized spacial score (nSPS) is 18.8. The first-order valence-electron chi connectivity index (χ1n) is 11.6. The maximum absolute atomic E-state index is 13.8. The van der Waals surface area contributed by atoms with Crippen LogP contribution in [-0.4, -0.2) is 44.5 Å². The maximum atomic E-state index is 13.8. The second-order valence-electron chi connectivity index (χ2n) is 8.88. The van der Waals surface area contributed by atoms with E-state index in [4.69, 9.17) is 23.5 Å². The fourth-order valence-electron chi connectivity index (χ4n) is 5.26. The summed E-state index contributed by atoms with van der Waals surface area (Å²) in [6.45, 7) is 1.86. The van der Waals surface area contributed by atoms with Crippen molar-refractivity contribution in [3.63, 3.8) is 0 Å². The van der Waals surface area contributed by atoms with Crippen LogP contribution in [0.15, 0.2) is 46.1 Å². The van der Waals surface area contributed by atoms with E-state index in [0.717, 1.165) is 22.4 Å². The first-order chi connectivity index (χ1) is 17.4. The van der Waals surface area contributed by atoms with Crippen LogP contribution in [0.1, 0.15) is 47.1 Å². The van der Waals surface area contributed by atoms with Crippen LogP contribution >= 0.6 is 0 Å². The molecule has 9 nitrogen and oxygen atoms in total. The molecule has 2 heterocycles. The Kier molecular flexibility index (Phi) is 5.99. The molecular formula is C27H28N2O7. The minimum absolute atomic E-state index is 0.0193. The van der Waals surface area contributed by atoms with Gasteiger partial charge in [0.05, 0.1) is 39.7 Å². The minimum atomic E-state index is -0.418. The van der Waals surface area contributed by atoms with Gasteiger partial charge in [-0.05, 0) is 54.7 Å². The summed E-state index contributed by atoms with van der Waals surface area (Å²) >= 11 is 0. The van der Waals surface area contributed by atoms with Crippen LogP contribution in [0.25, 0.3) is 0 Å². The van der Waals surface area contributed by atoms with Crippen molar-refractivity contribution in [2.45, 2.75) is 31.6 Å². The van der Waals surface area contributed by atoms with E-state index in [1.807, 2.05) is 25.1 Å². The van der Waals surface area contributed by atoms with Gasteiger partial charge in [-0.25, -0.2) is 0 Å². The number of allylic oxidation sites excluding steroid dienone is 2. The molecule has 0 saturated heterocycles. The van der Waals surface area contributed by atoms with E-state index < -0.39 is 5.92 Å². The van der Waals surface area contributed by atoms with Crippen LogP contribution in [0.3, 0.4) is 0 Å². The molecule has 9 heteroatoms. The fraction of sp³-hybridized carbons (Fsp3) is 0.333. The Labute approximate surface area is 208 Å². The number of ether oxygens (including phenoxy) is 4. The Hall–Kier alpha value is -4.14. The number of nitrogens with zero attached hydrogens (tertiary/aromatic N) is 1. The smallest absolute Gasteiger partial charge is 0.233 e. The summed E-state index contributed by atoms with van der Waals surface area (Å²) in [5.41, 5.74) is 4.68. The number of carbonyl (C=O) groups is 1. The van der Waals surface area contributed by atoms with Crippen molar-refractivity contribution in [2.75, 3.05) is 33.8 Å². The molecule has 0 amide bonds. The largest absolute Gasteiger partial charge is 0.504 e. The lowest BCUT2D eigenvalue weighted by atomic mass is 9.72. The molecule has 2 atom stereocenters. The Morgan fingerprint density at radius 1 is 0.944 bits per heavy atom. The van der Waals surface area contributed by atoms with Crippen LogP contribution in [0.4, 0.5) is 5.88 Å². The predicted octanol–water partition coefficient (Wildman–Crippen LogP) is 4.68. The van der Waals surface area contributed by atoms with E-state index in [2.05, 4.69) is 10.5 Å². The Morgan fingerprint density at radius 2 is 1.61 bits per heavy atom. The van der Waals surface area contributed by atoms with Gasteiger partial charge in [0, 0.05) is 23.6 Å². The van der Waals surface area contributed by atoms with Crippen molar-refractivity contribution in [1.29, 1.82) is 0 Å². The van der Waals surface area contributed by atoms with Crippen LogP contribution in [0.2, 0.25) is 0 Å². The number of nitrogens with one attached hydrogen (secondary N) is 1. The second kappa shape index (κ2) is 9.14. The summed E-state index contributed by atoms with van der Waals surface area (Å²) in [5, 5.41) is 17.5. The van der Waals surface area contributed by atoms with Gasteiger partial charge in [-0.3, -0.25) is 4.79 Å². The number of Topliss-reactive ketones (excluding diaryl/α,β-unsaturated/α-hetero) is 1. The van der Waals surface area contributed by atoms with Crippen molar-refractivity contribution in [2.24, 2.45) is 0 Å². The number of methoxy groups -OCH3 is 4. The lowest BCUT2D eigenvalue weighted by Crippen LogP contribution is -2.29. The highest BCUT2D eigenvalue weighted by atomic mass is 16.5. The third-order valence-electron chi connectivity index (χ3n) is 6.95. The van der Waals surface area contributed by atoms with Crippen molar-refractivity contribution in [3.05, 3.63) is 64.0 Å². The van der Waals surface area contributed by atoms with Gasteiger partial charge in [0.2, 0.25) is 11.6 Å². The van der Waals surface area contributed by atoms with Gasteiger partial charge in [-0.15, -0.1) is 0 Å². The van der Waals surface area contributed by atoms with E-state index in [1.165, 1.54) is 7.11 Å². The second-order valence-corrected chi connectivity index (χ2v) is 8.88. The summed E-state index contributed by atoms with van der Waals surface area (Å²) in [7, 11) is 6.18. The van der Waals surface area contributed by atoms with Crippen LogP contribution in [0.5, 0.6) is 28.7 Å². The lowest BCUT2D eigenvalue weighted by Gasteiger charge is -2.34. The number of rotatable bonds is 6. The number of aryl methyl sites for hydroxylation is 1. The summed E-state index contributed by atoms with van der Waals surface area (Å²) in [4.78, 5) is 13.8. The summed E-state index contributed by atoms with van der Waals surface area (Å²) < 4.78 is 27.6. The number of aromatic hydroxyl groups is 1. The zero-order valence-corrected chi connectivity index (χ0v) is 20.8. The standard InChI is InChI=1S/C27H28N2O7/c1-13-23-24(16-11-21(33-3)26(35-5)22(12-16)34-4)25-17(28-27(23)36-29-13)8-15(9-19(25)31)14-6-7-18(30)20(10-14)32-2/h6-7,10-12,15,24,28,30H,8-9H2,1-5H3/t15-,24-/m1/s1. The molecule has 5 rings (SSSR count). The number of benzene rings is 2. The summed E-state index contributed by atoms with van der Waals surface area (Å²) in [5.74, 6) is 1.94. The number of aromatic nitrogens is 1. The number of carbonyl (C=O) groups excluding carboxylic acids is 1. The molecule has 1 aliphatic carbocycles. The molecule has 2 aliphatic rings. The highest BCUT2D eigenvalue weighted by Crippen LogP contribution is 2.51. The number of fused-ring (bicyclic) bond motifs is 1. The third kappa shape index (κ3) is 3.71. The molecule has 2 aromatic carbocycles. The molecule has 3 aromatic rings. The van der Waals surface area contributed by atoms with Gasteiger partial charge >= 0.3 is 0 Å². The van der Waals surface area contributed by atoms with Gasteiger partial charge in [-0.1, -0.05) is 11.2 Å². The van der Waals surface area contributed by atoms with Crippen LogP contribution < -0.4 is 24.3 Å². The van der Waals surface area contributed by atoms with E-state index in [9.17, 15) is 9.90 Å². The Morgan fingerprint density at radius 3 is 2.25 bits per heavy atom. The average molecular weight is 493 g/mol. The van der Waals surface area contributed by atoms with Crippen molar-refractivity contribution in [3.8, 4) is 28.7 Å². The SMILES string of the molecule is COc1cc([C@H]2CC(=O)C3=C(C2)Nc2onc(C)c2[C@H]3c2cc(OC)c(OC)c(OC)c2)ccc1O. The van der Waals surface area contributed by atoms with E-state index >= 15 is 0 Å². The molecule has 2 N–H and O–H groups in total. The highest BCUT2D eigenvalue weighted by molar-refractivity contribution is 6.01. The van der Waals surface area contributed by atoms with Crippen LogP contribution in [-0.2, 0) is 4.79 Å². The average Bonchev–Trinajstić information content (AvgIpc) is 3.26. The Balaban J connectivity index is 1.64. The van der Waals surface area contributed by atoms with Gasteiger partial charge in [0.15, 0.2) is 28.8 Å². The van der Waals surface area contributed by atoms with Crippen molar-refractivity contribution >= 4 is 11.7 Å². The molecule has 188 valence electrons. The summed E-state index contributed by atoms with van der Waals surface area (Å²) in [6.07, 6.45) is 0.893. The quantitative estimate of drug-likeness (QED) is 0.506. The fourth-order valence-corrected chi connectivity index (χ4v) is 5.26. The predicted molar refractivity (Wildman–Crippen MR) is 131 cm³/mol. The van der Waals surface area contributed by atoms with Crippen molar-refractivity contribution < 1.29 is 33.4 Å². The topological polar surface area (TPSA) is 112 Å². The molecule has 0 spiro atoms. The molecule has 0 unspecified atom stereocenters. The number of ketones is 1. The molecule has 1 aromatic heterocycles. The van der Waals surface area contributed by atoms with E-state index in [0.29, 0.717) is 53.0 Å². The first-order valence-corrected chi connectivity index (χ1v) is 11.6. The first kappa shape index (κ1) is 23.6. The molecule has 1 aliphatic heterocycles.